The highest BCUT2D eigenvalue weighted by molar-refractivity contribution is 9.10. The van der Waals surface area contributed by atoms with Gasteiger partial charge in [0.05, 0.1) is 6.10 Å². The Hall–Kier alpha value is -0.840. The van der Waals surface area contributed by atoms with E-state index in [-0.39, 0.29) is 6.10 Å². The van der Waals surface area contributed by atoms with Gasteiger partial charge in [-0.05, 0) is 42.1 Å². The first kappa shape index (κ1) is 14.2. The van der Waals surface area contributed by atoms with Gasteiger partial charge in [0.2, 0.25) is 5.88 Å². The number of aromatic nitrogens is 2. The van der Waals surface area contributed by atoms with Gasteiger partial charge < -0.3 is 10.1 Å². The summed E-state index contributed by atoms with van der Waals surface area (Å²) in [5, 5.41) is 3.15. The molecule has 0 aromatic carbocycles. The maximum absolute atomic E-state index is 5.80. The standard InChI is InChI=1S/C12H20BrN3O/c1-5-14-11-10(13)12(16-7-15-11)17-9(4)6-8(2)3/h7-9H,5-6H2,1-4H3,(H,14,15,16). The van der Waals surface area contributed by atoms with Crippen molar-refractivity contribution in [2.24, 2.45) is 5.92 Å². The second-order valence-corrected chi connectivity index (χ2v) is 5.22. The summed E-state index contributed by atoms with van der Waals surface area (Å²) in [6.45, 7) is 9.26. The average Bonchev–Trinajstić information content (AvgIpc) is 2.23. The lowest BCUT2D eigenvalue weighted by Gasteiger charge is -2.17. The summed E-state index contributed by atoms with van der Waals surface area (Å²) in [6, 6.07) is 0. The van der Waals surface area contributed by atoms with E-state index in [4.69, 9.17) is 4.74 Å². The van der Waals surface area contributed by atoms with Crippen molar-refractivity contribution in [1.82, 2.24) is 9.97 Å². The smallest absolute Gasteiger partial charge is 0.233 e. The van der Waals surface area contributed by atoms with Crippen LogP contribution in [0.15, 0.2) is 10.8 Å². The topological polar surface area (TPSA) is 47.0 Å². The first-order valence-electron chi connectivity index (χ1n) is 5.95. The van der Waals surface area contributed by atoms with Crippen LogP contribution in [0.3, 0.4) is 0 Å². The molecule has 1 unspecified atom stereocenters. The Morgan fingerprint density at radius 1 is 1.35 bits per heavy atom. The molecule has 0 bridgehead atoms. The predicted octanol–water partition coefficient (Wildman–Crippen LogP) is 3.48. The zero-order chi connectivity index (χ0) is 12.8. The Kier molecular flexibility index (Phi) is 5.68. The largest absolute Gasteiger partial charge is 0.474 e. The molecule has 1 rings (SSSR count). The van der Waals surface area contributed by atoms with Crippen molar-refractivity contribution < 1.29 is 4.74 Å². The fraction of sp³-hybridized carbons (Fsp3) is 0.667. The Balaban J connectivity index is 2.73. The van der Waals surface area contributed by atoms with E-state index in [0.29, 0.717) is 11.8 Å². The molecule has 96 valence electrons. The van der Waals surface area contributed by atoms with E-state index in [9.17, 15) is 0 Å². The molecule has 0 aliphatic heterocycles. The average molecular weight is 302 g/mol. The molecule has 0 saturated heterocycles. The maximum atomic E-state index is 5.80. The molecule has 1 N–H and O–H groups in total. The van der Waals surface area contributed by atoms with Gasteiger partial charge in [-0.15, -0.1) is 0 Å². The quantitative estimate of drug-likeness (QED) is 0.874. The zero-order valence-corrected chi connectivity index (χ0v) is 12.4. The van der Waals surface area contributed by atoms with Crippen molar-refractivity contribution in [3.05, 3.63) is 10.8 Å². The third kappa shape index (κ3) is 4.50. The van der Waals surface area contributed by atoms with Crippen LogP contribution in [0.5, 0.6) is 5.88 Å². The van der Waals surface area contributed by atoms with Crippen molar-refractivity contribution in [2.75, 3.05) is 11.9 Å². The van der Waals surface area contributed by atoms with E-state index < -0.39 is 0 Å². The highest BCUT2D eigenvalue weighted by atomic mass is 79.9. The van der Waals surface area contributed by atoms with E-state index >= 15 is 0 Å². The lowest BCUT2D eigenvalue weighted by molar-refractivity contribution is 0.184. The number of ether oxygens (including phenoxy) is 1. The number of hydrogen-bond acceptors (Lipinski definition) is 4. The van der Waals surface area contributed by atoms with Crippen LogP contribution in [-0.2, 0) is 0 Å². The number of nitrogens with zero attached hydrogens (tertiary/aromatic N) is 2. The fourth-order valence-corrected chi connectivity index (χ4v) is 2.07. The van der Waals surface area contributed by atoms with E-state index in [1.807, 2.05) is 6.92 Å². The van der Waals surface area contributed by atoms with Gasteiger partial charge in [-0.25, -0.2) is 9.97 Å². The van der Waals surface area contributed by atoms with Gasteiger partial charge in [-0.1, -0.05) is 13.8 Å². The van der Waals surface area contributed by atoms with Gasteiger partial charge in [-0.2, -0.15) is 0 Å². The van der Waals surface area contributed by atoms with E-state index in [1.54, 1.807) is 0 Å². The Labute approximate surface area is 111 Å². The van der Waals surface area contributed by atoms with Crippen LogP contribution in [-0.4, -0.2) is 22.6 Å². The minimum atomic E-state index is 0.149. The SMILES string of the molecule is CCNc1ncnc(OC(C)CC(C)C)c1Br. The molecule has 1 atom stereocenters. The molecule has 0 radical (unpaired) electrons. The van der Waals surface area contributed by atoms with Crippen molar-refractivity contribution in [3.63, 3.8) is 0 Å². The summed E-state index contributed by atoms with van der Waals surface area (Å²) in [5.74, 6) is 1.98. The third-order valence-electron chi connectivity index (χ3n) is 2.22. The van der Waals surface area contributed by atoms with Crippen LogP contribution >= 0.6 is 15.9 Å². The van der Waals surface area contributed by atoms with E-state index in [1.165, 1.54) is 6.33 Å². The van der Waals surface area contributed by atoms with Gasteiger partial charge in [0.25, 0.3) is 0 Å². The molecule has 0 fully saturated rings. The summed E-state index contributed by atoms with van der Waals surface area (Å²) in [4.78, 5) is 8.30. The summed E-state index contributed by atoms with van der Waals surface area (Å²) in [7, 11) is 0. The van der Waals surface area contributed by atoms with Gasteiger partial charge in [0.15, 0.2) is 0 Å². The van der Waals surface area contributed by atoms with Crippen LogP contribution in [0.4, 0.5) is 5.82 Å². The molecule has 0 saturated carbocycles. The summed E-state index contributed by atoms with van der Waals surface area (Å²) in [5.41, 5.74) is 0. The highest BCUT2D eigenvalue weighted by Crippen LogP contribution is 2.29. The molecule has 1 aromatic rings. The molecule has 5 heteroatoms. The first-order valence-corrected chi connectivity index (χ1v) is 6.74. The third-order valence-corrected chi connectivity index (χ3v) is 2.93. The Morgan fingerprint density at radius 2 is 2.06 bits per heavy atom. The molecule has 0 aliphatic rings. The fourth-order valence-electron chi connectivity index (χ4n) is 1.63. The van der Waals surface area contributed by atoms with Crippen molar-refractivity contribution in [3.8, 4) is 5.88 Å². The minimum absolute atomic E-state index is 0.149. The lowest BCUT2D eigenvalue weighted by Crippen LogP contribution is -2.16. The highest BCUT2D eigenvalue weighted by Gasteiger charge is 2.13. The van der Waals surface area contributed by atoms with Crippen LogP contribution in [0.2, 0.25) is 0 Å². The van der Waals surface area contributed by atoms with Gasteiger partial charge >= 0.3 is 0 Å². The Bertz CT molecular complexity index is 358. The van der Waals surface area contributed by atoms with Crippen molar-refractivity contribution in [1.29, 1.82) is 0 Å². The Morgan fingerprint density at radius 3 is 2.65 bits per heavy atom. The van der Waals surface area contributed by atoms with Crippen LogP contribution in [0, 0.1) is 5.92 Å². The molecule has 17 heavy (non-hydrogen) atoms. The van der Waals surface area contributed by atoms with Crippen molar-refractivity contribution in [2.45, 2.75) is 40.2 Å². The number of hydrogen-bond donors (Lipinski definition) is 1. The van der Waals surface area contributed by atoms with Crippen LogP contribution < -0.4 is 10.1 Å². The normalized spacial score (nSPS) is 12.6. The predicted molar refractivity (Wildman–Crippen MR) is 73.4 cm³/mol. The number of nitrogens with one attached hydrogen (secondary N) is 1. The molecule has 0 amide bonds. The van der Waals surface area contributed by atoms with Crippen molar-refractivity contribution >= 4 is 21.7 Å². The summed E-state index contributed by atoms with van der Waals surface area (Å²) in [6.07, 6.45) is 2.67. The lowest BCUT2D eigenvalue weighted by atomic mass is 10.1. The summed E-state index contributed by atoms with van der Waals surface area (Å²) < 4.78 is 6.59. The van der Waals surface area contributed by atoms with E-state index in [2.05, 4.69) is 52.0 Å². The van der Waals surface area contributed by atoms with Crippen LogP contribution in [0.25, 0.3) is 0 Å². The molecular formula is C12H20BrN3O. The van der Waals surface area contributed by atoms with Gasteiger partial charge in [0.1, 0.15) is 16.6 Å². The minimum Gasteiger partial charge on any atom is -0.474 e. The van der Waals surface area contributed by atoms with Crippen LogP contribution in [0.1, 0.15) is 34.1 Å². The molecule has 1 heterocycles. The second kappa shape index (κ2) is 6.79. The van der Waals surface area contributed by atoms with Gasteiger partial charge in [-0.3, -0.25) is 0 Å². The molecule has 0 spiro atoms. The van der Waals surface area contributed by atoms with Gasteiger partial charge in [0, 0.05) is 6.54 Å². The monoisotopic (exact) mass is 301 g/mol. The first-order chi connectivity index (χ1) is 8.04. The molecule has 1 aromatic heterocycles. The molecule has 0 aliphatic carbocycles. The number of rotatable bonds is 6. The second-order valence-electron chi connectivity index (χ2n) is 4.43. The maximum Gasteiger partial charge on any atom is 0.233 e. The number of anilines is 1. The summed E-state index contributed by atoms with van der Waals surface area (Å²) >= 11 is 3.46. The van der Waals surface area contributed by atoms with E-state index in [0.717, 1.165) is 23.3 Å². The zero-order valence-electron chi connectivity index (χ0n) is 10.8. The molecule has 4 nitrogen and oxygen atoms in total. The molecular weight excluding hydrogens is 282 g/mol. The number of halogens is 1.